The molecule has 8 heteroatoms. The van der Waals surface area contributed by atoms with Crippen molar-refractivity contribution in [2.45, 2.75) is 30.9 Å². The van der Waals surface area contributed by atoms with E-state index in [4.69, 9.17) is 9.47 Å². The maximum absolute atomic E-state index is 13.2. The zero-order valence-corrected chi connectivity index (χ0v) is 23.6. The Labute approximate surface area is 237 Å². The van der Waals surface area contributed by atoms with Crippen molar-refractivity contribution in [3.8, 4) is 5.75 Å². The van der Waals surface area contributed by atoms with Gasteiger partial charge in [0.2, 0.25) is 5.91 Å². The molecule has 1 saturated heterocycles. The summed E-state index contributed by atoms with van der Waals surface area (Å²) in [4.78, 5) is 29.2. The van der Waals surface area contributed by atoms with Gasteiger partial charge in [0.05, 0.1) is 18.8 Å². The number of ether oxygens (including phenoxy) is 2. The number of para-hydroxylation sites is 2. The monoisotopic (exact) mass is 544 g/mol. The molecule has 0 aromatic heterocycles. The number of likely N-dealkylation sites (tertiary alicyclic amines) is 1. The van der Waals surface area contributed by atoms with Gasteiger partial charge in [-0.05, 0) is 50.2 Å². The zero-order valence-electron chi connectivity index (χ0n) is 23.6. The summed E-state index contributed by atoms with van der Waals surface area (Å²) in [5.41, 5.74) is 2.87. The topological polar surface area (TPSA) is 83.1 Å². The second kappa shape index (κ2) is 14.0. The Morgan fingerprint density at radius 3 is 2.20 bits per heavy atom. The molecule has 0 bridgehead atoms. The van der Waals surface area contributed by atoms with Gasteiger partial charge >= 0.3 is 6.09 Å². The van der Waals surface area contributed by atoms with Crippen molar-refractivity contribution in [1.82, 2.24) is 15.1 Å². The van der Waals surface area contributed by atoms with E-state index in [-0.39, 0.29) is 24.2 Å². The summed E-state index contributed by atoms with van der Waals surface area (Å²) in [6.45, 7) is 2.18. The normalized spacial score (nSPS) is 15.7. The third kappa shape index (κ3) is 7.40. The van der Waals surface area contributed by atoms with Crippen LogP contribution in [0.3, 0.4) is 0 Å². The van der Waals surface area contributed by atoms with Gasteiger partial charge in [0.25, 0.3) is 0 Å². The molecule has 3 aromatic rings. The van der Waals surface area contributed by atoms with Gasteiger partial charge in [-0.25, -0.2) is 4.79 Å². The third-order valence-corrected chi connectivity index (χ3v) is 7.64. The lowest BCUT2D eigenvalue weighted by Crippen LogP contribution is -2.51. The Morgan fingerprint density at radius 2 is 1.55 bits per heavy atom. The minimum Gasteiger partial charge on any atom is -0.483 e. The number of nitrogens with one attached hydrogen (secondary N) is 2. The van der Waals surface area contributed by atoms with Crippen LogP contribution in [0.25, 0.3) is 0 Å². The van der Waals surface area contributed by atoms with Gasteiger partial charge in [0.1, 0.15) is 11.9 Å². The van der Waals surface area contributed by atoms with Crippen molar-refractivity contribution in [2.75, 3.05) is 52.7 Å². The first-order valence-corrected chi connectivity index (χ1v) is 13.8. The number of benzene rings is 3. The molecule has 0 saturated carbocycles. The fourth-order valence-corrected chi connectivity index (χ4v) is 5.33. The van der Waals surface area contributed by atoms with Gasteiger partial charge in [-0.3, -0.25) is 14.6 Å². The summed E-state index contributed by atoms with van der Waals surface area (Å²) >= 11 is 0. The zero-order chi connectivity index (χ0) is 28.4. The quantitative estimate of drug-likeness (QED) is 0.352. The van der Waals surface area contributed by atoms with E-state index >= 15 is 0 Å². The molecular weight excluding hydrogens is 504 g/mol. The van der Waals surface area contributed by atoms with Crippen LogP contribution in [0.1, 0.15) is 36.5 Å². The van der Waals surface area contributed by atoms with Crippen molar-refractivity contribution in [3.05, 3.63) is 96.1 Å². The maximum Gasteiger partial charge on any atom is 0.406 e. The van der Waals surface area contributed by atoms with Crippen molar-refractivity contribution in [3.63, 3.8) is 0 Å². The number of hydrogen-bond acceptors (Lipinski definition) is 6. The van der Waals surface area contributed by atoms with E-state index in [9.17, 15) is 9.59 Å². The second-order valence-electron chi connectivity index (χ2n) is 10.3. The number of carbonyl (C=O) groups is 2. The Kier molecular flexibility index (Phi) is 10.2. The SMILES string of the molecule is CNC(=O)OCCC(Oc1ccccc1NC(=O)CN1CCC(c2ccccc2)(N(C)C)CC1)c1ccccc1. The van der Waals surface area contributed by atoms with Crippen LogP contribution < -0.4 is 15.4 Å². The molecule has 3 aromatic carbocycles. The third-order valence-electron chi connectivity index (χ3n) is 7.64. The number of carbonyl (C=O) groups excluding carboxylic acids is 2. The van der Waals surface area contributed by atoms with E-state index in [1.54, 1.807) is 0 Å². The van der Waals surface area contributed by atoms with Crippen LogP contribution in [0.2, 0.25) is 0 Å². The predicted molar refractivity (Wildman–Crippen MR) is 157 cm³/mol. The molecule has 0 aliphatic carbocycles. The molecule has 1 aliphatic heterocycles. The molecule has 1 aliphatic rings. The fraction of sp³-hybridized carbons (Fsp3) is 0.375. The Hall–Kier alpha value is -3.88. The molecule has 1 fully saturated rings. The van der Waals surface area contributed by atoms with E-state index in [2.05, 4.69) is 64.9 Å². The van der Waals surface area contributed by atoms with Crippen LogP contribution in [0.15, 0.2) is 84.9 Å². The van der Waals surface area contributed by atoms with Gasteiger partial charge in [-0.1, -0.05) is 72.8 Å². The maximum atomic E-state index is 13.2. The number of piperidine rings is 1. The number of hydrogen-bond donors (Lipinski definition) is 2. The van der Waals surface area contributed by atoms with E-state index in [1.807, 2.05) is 54.6 Å². The first kappa shape index (κ1) is 29.1. The van der Waals surface area contributed by atoms with Crippen molar-refractivity contribution >= 4 is 17.7 Å². The lowest BCUT2D eigenvalue weighted by molar-refractivity contribution is -0.118. The molecule has 1 heterocycles. The molecule has 1 atom stereocenters. The van der Waals surface area contributed by atoms with Gasteiger partial charge < -0.3 is 20.1 Å². The van der Waals surface area contributed by atoms with E-state index in [0.717, 1.165) is 31.5 Å². The van der Waals surface area contributed by atoms with Crippen LogP contribution >= 0.6 is 0 Å². The smallest absolute Gasteiger partial charge is 0.406 e. The molecule has 2 N–H and O–H groups in total. The van der Waals surface area contributed by atoms with E-state index in [0.29, 0.717) is 24.4 Å². The van der Waals surface area contributed by atoms with Crippen LogP contribution in [0.5, 0.6) is 5.75 Å². The van der Waals surface area contributed by atoms with Gasteiger partial charge in [0, 0.05) is 32.1 Å². The number of alkyl carbamates (subject to hydrolysis) is 1. The predicted octanol–water partition coefficient (Wildman–Crippen LogP) is 5.04. The average Bonchev–Trinajstić information content (AvgIpc) is 2.98. The van der Waals surface area contributed by atoms with Gasteiger partial charge in [0.15, 0.2) is 0 Å². The molecule has 1 unspecified atom stereocenters. The minimum absolute atomic E-state index is 0.0252. The van der Waals surface area contributed by atoms with Crippen LogP contribution in [0, 0.1) is 0 Å². The van der Waals surface area contributed by atoms with Gasteiger partial charge in [-0.15, -0.1) is 0 Å². The lowest BCUT2D eigenvalue weighted by atomic mass is 9.80. The highest BCUT2D eigenvalue weighted by Gasteiger charge is 2.38. The highest BCUT2D eigenvalue weighted by Crippen LogP contribution is 2.37. The molecule has 0 radical (unpaired) electrons. The van der Waals surface area contributed by atoms with E-state index < -0.39 is 6.09 Å². The summed E-state index contributed by atoms with van der Waals surface area (Å²) in [5, 5.41) is 5.52. The molecule has 212 valence electrons. The number of amides is 2. The summed E-state index contributed by atoms with van der Waals surface area (Å²) in [7, 11) is 5.80. The molecule has 0 spiro atoms. The highest BCUT2D eigenvalue weighted by atomic mass is 16.5. The summed E-state index contributed by atoms with van der Waals surface area (Å²) in [5.74, 6) is 0.492. The standard InChI is InChI=1S/C32H40N4O4/c1-33-31(38)39-23-18-28(25-12-6-4-7-13-25)40-29-17-11-10-16-27(29)34-30(37)24-36-21-19-32(20-22-36,35(2)3)26-14-8-5-9-15-26/h4-17,28H,18-24H2,1-3H3,(H,33,38)(H,34,37). The Balaban J connectivity index is 1.38. The highest BCUT2D eigenvalue weighted by molar-refractivity contribution is 5.93. The first-order chi connectivity index (χ1) is 19.4. The summed E-state index contributed by atoms with van der Waals surface area (Å²) in [6, 6.07) is 27.9. The minimum atomic E-state index is -0.483. The Bertz CT molecular complexity index is 1230. The van der Waals surface area contributed by atoms with Crippen molar-refractivity contribution in [1.29, 1.82) is 0 Å². The van der Waals surface area contributed by atoms with E-state index in [1.165, 1.54) is 12.6 Å². The Morgan fingerprint density at radius 1 is 0.925 bits per heavy atom. The number of rotatable bonds is 11. The molecule has 8 nitrogen and oxygen atoms in total. The largest absolute Gasteiger partial charge is 0.483 e. The second-order valence-corrected chi connectivity index (χ2v) is 10.3. The number of nitrogens with zero attached hydrogens (tertiary/aromatic N) is 2. The first-order valence-electron chi connectivity index (χ1n) is 13.8. The van der Waals surface area contributed by atoms with Crippen molar-refractivity contribution < 1.29 is 19.1 Å². The summed E-state index contributed by atoms with van der Waals surface area (Å²) in [6.07, 6.45) is 1.52. The van der Waals surface area contributed by atoms with Crippen LogP contribution in [0.4, 0.5) is 10.5 Å². The van der Waals surface area contributed by atoms with Crippen LogP contribution in [-0.4, -0.2) is 69.2 Å². The average molecular weight is 545 g/mol. The number of anilines is 1. The molecule has 2 amide bonds. The fourth-order valence-electron chi connectivity index (χ4n) is 5.33. The molecule has 40 heavy (non-hydrogen) atoms. The molecular formula is C32H40N4O4. The van der Waals surface area contributed by atoms with Crippen molar-refractivity contribution in [2.24, 2.45) is 0 Å². The van der Waals surface area contributed by atoms with Gasteiger partial charge in [-0.2, -0.15) is 0 Å². The molecule has 4 rings (SSSR count). The van der Waals surface area contributed by atoms with Crippen LogP contribution in [-0.2, 0) is 15.1 Å². The lowest BCUT2D eigenvalue weighted by Gasteiger charge is -2.46. The summed E-state index contributed by atoms with van der Waals surface area (Å²) < 4.78 is 11.6.